The predicted molar refractivity (Wildman–Crippen MR) is 100 cm³/mol. The number of pyridine rings is 1. The second kappa shape index (κ2) is 8.81. The van der Waals surface area contributed by atoms with E-state index in [0.29, 0.717) is 51.4 Å². The molecule has 0 radical (unpaired) electrons. The molecule has 0 saturated carbocycles. The van der Waals surface area contributed by atoms with Gasteiger partial charge in [0.15, 0.2) is 0 Å². The third-order valence-electron chi connectivity index (χ3n) is 4.90. The lowest BCUT2D eigenvalue weighted by Crippen LogP contribution is -2.48. The van der Waals surface area contributed by atoms with Gasteiger partial charge in [-0.15, -0.1) is 0 Å². The van der Waals surface area contributed by atoms with Gasteiger partial charge in [0.25, 0.3) is 0 Å². The Morgan fingerprint density at radius 2 is 2.04 bits per heavy atom. The summed E-state index contributed by atoms with van der Waals surface area (Å²) < 4.78 is 0. The fourth-order valence-electron chi connectivity index (χ4n) is 3.31. The zero-order chi connectivity index (χ0) is 19.2. The van der Waals surface area contributed by atoms with Crippen LogP contribution in [0.2, 0.25) is 0 Å². The van der Waals surface area contributed by atoms with Crippen molar-refractivity contribution in [2.45, 2.75) is 13.3 Å². The number of amides is 4. The van der Waals surface area contributed by atoms with E-state index in [1.807, 2.05) is 19.1 Å². The lowest BCUT2D eigenvalue weighted by molar-refractivity contribution is -0.127. The number of aromatic nitrogens is 1. The van der Waals surface area contributed by atoms with E-state index in [4.69, 9.17) is 0 Å². The molecular weight excluding hydrogens is 348 g/mol. The highest BCUT2D eigenvalue weighted by Crippen LogP contribution is 2.19. The van der Waals surface area contributed by atoms with Crippen molar-refractivity contribution in [2.24, 2.45) is 11.8 Å². The standard InChI is InChI=1S/C18H26N6O3/c1-12-2-3-15(11-22-12)23-17(26)14-8-13(9-19-10-14)16(25)20-4-6-24-7-5-21-18(24)27/h2-3,11,13-14,19H,4-10H2,1H3,(H,20,25)(H,21,27)(H,23,26)/t13-,14+/m1/s1. The van der Waals surface area contributed by atoms with Gasteiger partial charge in [-0.3, -0.25) is 14.6 Å². The van der Waals surface area contributed by atoms with Crippen LogP contribution >= 0.6 is 0 Å². The molecule has 2 aliphatic rings. The number of carbonyl (C=O) groups is 3. The molecule has 0 spiro atoms. The largest absolute Gasteiger partial charge is 0.354 e. The van der Waals surface area contributed by atoms with Crippen LogP contribution in [0.15, 0.2) is 18.3 Å². The Hall–Kier alpha value is -2.68. The van der Waals surface area contributed by atoms with E-state index in [1.165, 1.54) is 0 Å². The molecule has 4 N–H and O–H groups in total. The minimum Gasteiger partial charge on any atom is -0.354 e. The van der Waals surface area contributed by atoms with Gasteiger partial charge in [-0.25, -0.2) is 4.79 Å². The molecule has 3 heterocycles. The monoisotopic (exact) mass is 374 g/mol. The molecule has 2 atom stereocenters. The highest BCUT2D eigenvalue weighted by Gasteiger charge is 2.31. The molecule has 27 heavy (non-hydrogen) atoms. The predicted octanol–water partition coefficient (Wildman–Crippen LogP) is -0.304. The van der Waals surface area contributed by atoms with Gasteiger partial charge < -0.3 is 26.2 Å². The van der Waals surface area contributed by atoms with Crippen molar-refractivity contribution in [3.05, 3.63) is 24.0 Å². The second-order valence-corrected chi connectivity index (χ2v) is 6.98. The van der Waals surface area contributed by atoms with Crippen LogP contribution in [0.25, 0.3) is 0 Å². The number of anilines is 1. The van der Waals surface area contributed by atoms with Crippen molar-refractivity contribution in [1.82, 2.24) is 25.8 Å². The SMILES string of the molecule is Cc1ccc(NC(=O)[C@@H]2CNC[C@H](C(=O)NCCN3CCNC3=O)C2)cn1. The molecule has 146 valence electrons. The topological polar surface area (TPSA) is 115 Å². The Bertz CT molecular complexity index is 693. The summed E-state index contributed by atoms with van der Waals surface area (Å²) in [4.78, 5) is 42.2. The van der Waals surface area contributed by atoms with Crippen LogP contribution in [0.3, 0.4) is 0 Å². The first kappa shape index (κ1) is 19.1. The number of carbonyl (C=O) groups excluding carboxylic acids is 3. The van der Waals surface area contributed by atoms with Gasteiger partial charge in [-0.2, -0.15) is 0 Å². The van der Waals surface area contributed by atoms with Gasteiger partial charge in [-0.05, 0) is 25.5 Å². The van der Waals surface area contributed by atoms with Crippen LogP contribution in [0.5, 0.6) is 0 Å². The maximum Gasteiger partial charge on any atom is 0.317 e. The molecule has 0 aliphatic carbocycles. The number of hydrogen-bond donors (Lipinski definition) is 4. The average molecular weight is 374 g/mol. The van der Waals surface area contributed by atoms with E-state index in [-0.39, 0.29) is 29.7 Å². The van der Waals surface area contributed by atoms with Crippen LogP contribution in [-0.2, 0) is 9.59 Å². The second-order valence-electron chi connectivity index (χ2n) is 6.98. The first-order chi connectivity index (χ1) is 13.0. The van der Waals surface area contributed by atoms with Gasteiger partial charge in [0, 0.05) is 45.0 Å². The Morgan fingerprint density at radius 3 is 2.70 bits per heavy atom. The van der Waals surface area contributed by atoms with Gasteiger partial charge in [0.05, 0.1) is 23.7 Å². The summed E-state index contributed by atoms with van der Waals surface area (Å²) in [5.41, 5.74) is 1.54. The Balaban J connectivity index is 1.44. The summed E-state index contributed by atoms with van der Waals surface area (Å²) in [6, 6.07) is 3.56. The molecule has 1 aromatic rings. The van der Waals surface area contributed by atoms with E-state index in [2.05, 4.69) is 26.3 Å². The maximum atomic E-state index is 12.5. The summed E-state index contributed by atoms with van der Waals surface area (Å²) in [5.74, 6) is -0.741. The van der Waals surface area contributed by atoms with Crippen molar-refractivity contribution in [3.8, 4) is 0 Å². The van der Waals surface area contributed by atoms with Gasteiger partial charge >= 0.3 is 6.03 Å². The molecule has 9 heteroatoms. The molecular formula is C18H26N6O3. The zero-order valence-electron chi connectivity index (χ0n) is 15.5. The normalized spacial score (nSPS) is 22.3. The summed E-state index contributed by atoms with van der Waals surface area (Å²) in [7, 11) is 0. The molecule has 3 rings (SSSR count). The first-order valence-corrected chi connectivity index (χ1v) is 9.27. The summed E-state index contributed by atoms with van der Waals surface area (Å²) in [6.07, 6.45) is 2.12. The van der Waals surface area contributed by atoms with Crippen LogP contribution in [0, 0.1) is 18.8 Å². The summed E-state index contributed by atoms with van der Waals surface area (Å²) in [5, 5.41) is 11.6. The maximum absolute atomic E-state index is 12.5. The number of nitrogens with zero attached hydrogens (tertiary/aromatic N) is 2. The van der Waals surface area contributed by atoms with E-state index >= 15 is 0 Å². The van der Waals surface area contributed by atoms with Gasteiger partial charge in [0.1, 0.15) is 0 Å². The number of hydrogen-bond acceptors (Lipinski definition) is 5. The van der Waals surface area contributed by atoms with E-state index < -0.39 is 0 Å². The van der Waals surface area contributed by atoms with Crippen LogP contribution < -0.4 is 21.3 Å². The van der Waals surface area contributed by atoms with E-state index in [1.54, 1.807) is 11.1 Å². The Morgan fingerprint density at radius 1 is 1.26 bits per heavy atom. The number of rotatable bonds is 6. The molecule has 1 aromatic heterocycles. The number of aryl methyl sites for hydroxylation is 1. The van der Waals surface area contributed by atoms with Crippen LogP contribution in [-0.4, -0.2) is 67.0 Å². The van der Waals surface area contributed by atoms with Gasteiger partial charge in [-0.1, -0.05) is 0 Å². The number of nitrogens with one attached hydrogen (secondary N) is 4. The molecule has 2 saturated heterocycles. The smallest absolute Gasteiger partial charge is 0.317 e. The molecule has 0 unspecified atom stereocenters. The molecule has 2 fully saturated rings. The Labute approximate surface area is 158 Å². The lowest BCUT2D eigenvalue weighted by atomic mass is 9.89. The highest BCUT2D eigenvalue weighted by molar-refractivity contribution is 5.93. The molecule has 4 amide bonds. The van der Waals surface area contributed by atoms with Crippen molar-refractivity contribution in [3.63, 3.8) is 0 Å². The minimum atomic E-state index is -0.278. The minimum absolute atomic E-state index is 0.0865. The Kier molecular flexibility index (Phi) is 6.23. The van der Waals surface area contributed by atoms with Crippen molar-refractivity contribution >= 4 is 23.5 Å². The molecule has 0 bridgehead atoms. The summed E-state index contributed by atoms with van der Waals surface area (Å²) in [6.45, 7) is 5.18. The number of piperidine rings is 1. The average Bonchev–Trinajstić information content (AvgIpc) is 3.08. The molecule has 2 aliphatic heterocycles. The van der Waals surface area contributed by atoms with E-state index in [0.717, 1.165) is 5.69 Å². The zero-order valence-corrected chi connectivity index (χ0v) is 15.5. The molecule has 9 nitrogen and oxygen atoms in total. The third-order valence-corrected chi connectivity index (χ3v) is 4.90. The number of urea groups is 1. The van der Waals surface area contributed by atoms with Crippen molar-refractivity contribution < 1.29 is 14.4 Å². The van der Waals surface area contributed by atoms with Crippen LogP contribution in [0.4, 0.5) is 10.5 Å². The molecule has 0 aromatic carbocycles. The fourth-order valence-corrected chi connectivity index (χ4v) is 3.31. The first-order valence-electron chi connectivity index (χ1n) is 9.27. The van der Waals surface area contributed by atoms with Crippen molar-refractivity contribution in [1.29, 1.82) is 0 Å². The fraction of sp³-hybridized carbons (Fsp3) is 0.556. The highest BCUT2D eigenvalue weighted by atomic mass is 16.2. The van der Waals surface area contributed by atoms with E-state index in [9.17, 15) is 14.4 Å². The lowest BCUT2D eigenvalue weighted by Gasteiger charge is -2.28. The van der Waals surface area contributed by atoms with Crippen LogP contribution in [0.1, 0.15) is 12.1 Å². The summed E-state index contributed by atoms with van der Waals surface area (Å²) >= 11 is 0. The van der Waals surface area contributed by atoms with Gasteiger partial charge in [0.2, 0.25) is 11.8 Å². The van der Waals surface area contributed by atoms with Crippen molar-refractivity contribution in [2.75, 3.05) is 44.6 Å². The quantitative estimate of drug-likeness (QED) is 0.545. The third kappa shape index (κ3) is 5.16.